The average Bonchev–Trinajstić information content (AvgIpc) is 3.26. The van der Waals surface area contributed by atoms with Crippen molar-refractivity contribution in [1.29, 1.82) is 0 Å². The number of carbonyl (C=O) groups excluding carboxylic acids is 2. The minimum absolute atomic E-state index is 0.00834. The third kappa shape index (κ3) is 4.15. The molecule has 32 heavy (non-hydrogen) atoms. The van der Waals surface area contributed by atoms with Crippen LogP contribution in [0.1, 0.15) is 58.9 Å². The van der Waals surface area contributed by atoms with E-state index >= 15 is 0 Å². The summed E-state index contributed by atoms with van der Waals surface area (Å²) in [6.07, 6.45) is 5.34. The van der Waals surface area contributed by atoms with Crippen LogP contribution in [-0.4, -0.2) is 41.1 Å². The second-order valence-corrected chi connectivity index (χ2v) is 9.85. The molecule has 0 aromatic heterocycles. The Morgan fingerprint density at radius 2 is 2.03 bits per heavy atom. The van der Waals surface area contributed by atoms with Crippen LogP contribution in [0.2, 0.25) is 0 Å². The topological polar surface area (TPSA) is 66.8 Å². The fraction of sp³-hybridized carbons (Fsp3) is 0.556. The Morgan fingerprint density at radius 3 is 2.72 bits per heavy atom. The molecule has 4 atom stereocenters. The number of hydrogen-bond donors (Lipinski definition) is 1. The summed E-state index contributed by atoms with van der Waals surface area (Å²) in [6, 6.07) is 7.26. The number of ether oxygens (including phenoxy) is 1. The molecule has 0 spiro atoms. The van der Waals surface area contributed by atoms with Gasteiger partial charge in [0.2, 0.25) is 11.8 Å². The number of aromatic hydroxyl groups is 1. The molecule has 4 rings (SSSR count). The summed E-state index contributed by atoms with van der Waals surface area (Å²) in [7, 11) is 0. The van der Waals surface area contributed by atoms with Crippen molar-refractivity contribution in [1.82, 2.24) is 4.90 Å². The first-order chi connectivity index (χ1) is 15.3. The van der Waals surface area contributed by atoms with Crippen LogP contribution in [-0.2, 0) is 14.3 Å². The first kappa shape index (κ1) is 22.8. The standard InChI is InChI=1S/C27H35NO4/c1-5-11-28-26(30)21-14-20(16(2)3)24-22(25(21)27(28)31)15-32-23(24)10-9-17(4)12-18-7-6-8-19(29)13-18/h6-8,12-13,16,21-23,25,29H,5,9-11,14-15H2,1-4H3/b17-12+/t21-,22+,23-,25-/m1/s1. The number of carbonyl (C=O) groups is 2. The van der Waals surface area contributed by atoms with Gasteiger partial charge >= 0.3 is 0 Å². The first-order valence-corrected chi connectivity index (χ1v) is 12.0. The lowest BCUT2D eigenvalue weighted by atomic mass is 9.67. The van der Waals surface area contributed by atoms with E-state index < -0.39 is 0 Å². The van der Waals surface area contributed by atoms with Crippen LogP contribution in [0.3, 0.4) is 0 Å². The average molecular weight is 438 g/mol. The lowest BCUT2D eigenvalue weighted by Crippen LogP contribution is -2.35. The molecule has 0 bridgehead atoms. The van der Waals surface area contributed by atoms with Crippen molar-refractivity contribution in [3.05, 3.63) is 46.5 Å². The van der Waals surface area contributed by atoms with Crippen LogP contribution in [0, 0.1) is 23.7 Å². The molecule has 5 nitrogen and oxygen atoms in total. The Hall–Kier alpha value is -2.40. The Morgan fingerprint density at radius 1 is 1.25 bits per heavy atom. The summed E-state index contributed by atoms with van der Waals surface area (Å²) >= 11 is 0. The number of hydrogen-bond acceptors (Lipinski definition) is 4. The van der Waals surface area contributed by atoms with E-state index in [1.54, 1.807) is 12.1 Å². The molecule has 0 radical (unpaired) electrons. The summed E-state index contributed by atoms with van der Waals surface area (Å²) < 4.78 is 6.28. The van der Waals surface area contributed by atoms with Gasteiger partial charge in [0, 0.05) is 12.5 Å². The highest BCUT2D eigenvalue weighted by Crippen LogP contribution is 2.51. The number of phenols is 1. The van der Waals surface area contributed by atoms with Crippen molar-refractivity contribution in [2.75, 3.05) is 13.2 Å². The third-order valence-electron chi connectivity index (χ3n) is 7.26. The van der Waals surface area contributed by atoms with Crippen molar-refractivity contribution >= 4 is 17.9 Å². The van der Waals surface area contributed by atoms with Gasteiger partial charge in [0.05, 0.1) is 24.5 Å². The van der Waals surface area contributed by atoms with E-state index in [9.17, 15) is 14.7 Å². The number of phenolic OH excluding ortho intramolecular Hbond substituents is 1. The molecule has 172 valence electrons. The number of rotatable bonds is 7. The minimum Gasteiger partial charge on any atom is -0.508 e. The van der Waals surface area contributed by atoms with Gasteiger partial charge in [0.25, 0.3) is 0 Å². The predicted octanol–water partition coefficient (Wildman–Crippen LogP) is 4.96. The van der Waals surface area contributed by atoms with E-state index in [0.29, 0.717) is 25.5 Å². The largest absolute Gasteiger partial charge is 0.508 e. The Balaban J connectivity index is 1.54. The molecule has 0 unspecified atom stereocenters. The van der Waals surface area contributed by atoms with Crippen LogP contribution in [0.5, 0.6) is 5.75 Å². The molecule has 2 aliphatic heterocycles. The molecule has 1 aromatic rings. The third-order valence-corrected chi connectivity index (χ3v) is 7.26. The number of nitrogens with zero attached hydrogens (tertiary/aromatic N) is 1. The van der Waals surface area contributed by atoms with Gasteiger partial charge in [-0.1, -0.05) is 50.1 Å². The molecular formula is C27H35NO4. The van der Waals surface area contributed by atoms with Gasteiger partial charge in [-0.3, -0.25) is 14.5 Å². The van der Waals surface area contributed by atoms with E-state index in [4.69, 9.17) is 4.74 Å². The maximum atomic E-state index is 13.2. The first-order valence-electron chi connectivity index (χ1n) is 12.0. The number of likely N-dealkylation sites (tertiary alicyclic amines) is 1. The zero-order chi connectivity index (χ0) is 23.0. The van der Waals surface area contributed by atoms with Gasteiger partial charge in [-0.15, -0.1) is 0 Å². The number of amides is 2. The summed E-state index contributed by atoms with van der Waals surface area (Å²) in [5, 5.41) is 9.70. The molecular weight excluding hydrogens is 402 g/mol. The van der Waals surface area contributed by atoms with Crippen LogP contribution in [0.15, 0.2) is 41.0 Å². The quantitative estimate of drug-likeness (QED) is 0.484. The predicted molar refractivity (Wildman–Crippen MR) is 125 cm³/mol. The van der Waals surface area contributed by atoms with Gasteiger partial charge in [-0.05, 0) is 61.8 Å². The van der Waals surface area contributed by atoms with Crippen LogP contribution >= 0.6 is 0 Å². The SMILES string of the molecule is CCCN1C(=O)[C@@H]2[C@@H](CC(C(C)C)=C3[C@@H](CC/C(C)=C/c4cccc(O)c4)OC[C@@H]32)C1=O. The van der Waals surface area contributed by atoms with Crippen molar-refractivity contribution < 1.29 is 19.4 Å². The lowest BCUT2D eigenvalue weighted by molar-refractivity contribution is -0.140. The highest BCUT2D eigenvalue weighted by molar-refractivity contribution is 6.05. The highest BCUT2D eigenvalue weighted by Gasteiger charge is 2.56. The maximum absolute atomic E-state index is 13.2. The summed E-state index contributed by atoms with van der Waals surface area (Å²) in [4.78, 5) is 27.7. The van der Waals surface area contributed by atoms with Gasteiger partial charge in [-0.2, -0.15) is 0 Å². The zero-order valence-corrected chi connectivity index (χ0v) is 19.6. The van der Waals surface area contributed by atoms with Crippen LogP contribution < -0.4 is 0 Å². The molecule has 2 amide bonds. The second-order valence-electron chi connectivity index (χ2n) is 9.85. The van der Waals surface area contributed by atoms with Gasteiger partial charge < -0.3 is 9.84 Å². The summed E-state index contributed by atoms with van der Waals surface area (Å²) in [6.45, 7) is 9.54. The van der Waals surface area contributed by atoms with E-state index in [2.05, 4.69) is 26.8 Å². The molecule has 3 aliphatic rings. The highest BCUT2D eigenvalue weighted by atomic mass is 16.5. The molecule has 1 N–H and O–H groups in total. The maximum Gasteiger partial charge on any atom is 0.233 e. The fourth-order valence-electron chi connectivity index (χ4n) is 5.80. The van der Waals surface area contributed by atoms with Crippen LogP contribution in [0.25, 0.3) is 6.08 Å². The summed E-state index contributed by atoms with van der Waals surface area (Å²) in [5.74, 6) is 0.207. The molecule has 1 aliphatic carbocycles. The monoisotopic (exact) mass is 437 g/mol. The van der Waals surface area contributed by atoms with Crippen molar-refractivity contribution in [3.8, 4) is 5.75 Å². The van der Waals surface area contributed by atoms with E-state index in [0.717, 1.165) is 24.8 Å². The number of benzene rings is 1. The van der Waals surface area contributed by atoms with E-state index in [1.165, 1.54) is 21.6 Å². The Kier molecular flexibility index (Phi) is 6.57. The second kappa shape index (κ2) is 9.22. The smallest absolute Gasteiger partial charge is 0.233 e. The molecule has 1 aromatic carbocycles. The van der Waals surface area contributed by atoms with Crippen molar-refractivity contribution in [2.45, 2.75) is 59.5 Å². The lowest BCUT2D eigenvalue weighted by Gasteiger charge is -2.33. The molecule has 5 heteroatoms. The van der Waals surface area contributed by atoms with Crippen molar-refractivity contribution in [2.24, 2.45) is 23.7 Å². The molecule has 2 heterocycles. The van der Waals surface area contributed by atoms with Gasteiger partial charge in [0.1, 0.15) is 5.75 Å². The Labute approximate surface area is 191 Å². The molecule has 0 saturated carbocycles. The Bertz CT molecular complexity index is 960. The number of imide groups is 1. The van der Waals surface area contributed by atoms with Crippen LogP contribution in [0.4, 0.5) is 0 Å². The summed E-state index contributed by atoms with van der Waals surface area (Å²) in [5.41, 5.74) is 4.84. The number of fused-ring (bicyclic) bond motifs is 3. The molecule has 2 fully saturated rings. The fourth-order valence-corrected chi connectivity index (χ4v) is 5.80. The van der Waals surface area contributed by atoms with E-state index in [-0.39, 0.29) is 41.4 Å². The normalized spacial score (nSPS) is 28.0. The van der Waals surface area contributed by atoms with E-state index in [1.807, 2.05) is 19.1 Å². The minimum atomic E-state index is -0.250. The van der Waals surface area contributed by atoms with Gasteiger partial charge in [0.15, 0.2) is 0 Å². The molecule has 2 saturated heterocycles. The van der Waals surface area contributed by atoms with Crippen molar-refractivity contribution in [3.63, 3.8) is 0 Å². The number of allylic oxidation sites excluding steroid dienone is 2. The zero-order valence-electron chi connectivity index (χ0n) is 19.6. The van der Waals surface area contributed by atoms with Gasteiger partial charge in [-0.25, -0.2) is 0 Å².